The molecule has 0 saturated carbocycles. The van der Waals surface area contributed by atoms with E-state index in [0.717, 1.165) is 0 Å². The summed E-state index contributed by atoms with van der Waals surface area (Å²) in [7, 11) is 0. The molecular formula is C8H13N5O2. The van der Waals surface area contributed by atoms with Crippen LogP contribution < -0.4 is 0 Å². The Morgan fingerprint density at radius 1 is 1.67 bits per heavy atom. The van der Waals surface area contributed by atoms with Crippen LogP contribution in [-0.2, 0) is 11.3 Å². The predicted molar refractivity (Wildman–Crippen MR) is 51.7 cm³/mol. The number of rotatable bonds is 6. The first-order valence-electron chi connectivity index (χ1n) is 4.48. The normalized spacial score (nSPS) is 9.93. The average molecular weight is 211 g/mol. The Hall–Kier alpha value is -1.76. The maximum Gasteiger partial charge on any atom is 0.244 e. The van der Waals surface area contributed by atoms with Crippen molar-refractivity contribution >= 4 is 5.91 Å². The Labute approximate surface area is 87.0 Å². The van der Waals surface area contributed by atoms with Gasteiger partial charge >= 0.3 is 0 Å². The van der Waals surface area contributed by atoms with Crippen LogP contribution >= 0.6 is 0 Å². The van der Waals surface area contributed by atoms with Gasteiger partial charge in [-0.25, -0.2) is 4.68 Å². The lowest BCUT2D eigenvalue weighted by atomic mass is 10.4. The van der Waals surface area contributed by atoms with E-state index in [1.54, 1.807) is 6.08 Å². The number of hydrogen-bond donors (Lipinski definition) is 1. The van der Waals surface area contributed by atoms with Crippen molar-refractivity contribution in [3.8, 4) is 0 Å². The zero-order valence-electron chi connectivity index (χ0n) is 8.28. The van der Waals surface area contributed by atoms with Crippen molar-refractivity contribution in [3.63, 3.8) is 0 Å². The fourth-order valence-corrected chi connectivity index (χ4v) is 1.09. The van der Waals surface area contributed by atoms with Crippen LogP contribution in [0, 0.1) is 0 Å². The number of hydrogen-bond acceptors (Lipinski definition) is 5. The Balaban J connectivity index is 2.52. The minimum absolute atomic E-state index is 0.0703. The second-order valence-electron chi connectivity index (χ2n) is 2.86. The lowest BCUT2D eigenvalue weighted by Gasteiger charge is -2.19. The molecule has 15 heavy (non-hydrogen) atoms. The van der Waals surface area contributed by atoms with E-state index in [0.29, 0.717) is 6.54 Å². The van der Waals surface area contributed by atoms with E-state index in [1.807, 2.05) is 0 Å². The van der Waals surface area contributed by atoms with Crippen LogP contribution in [0.3, 0.4) is 0 Å². The molecule has 1 rings (SSSR count). The Bertz CT molecular complexity index is 311. The molecule has 0 atom stereocenters. The van der Waals surface area contributed by atoms with Gasteiger partial charge in [-0.1, -0.05) is 6.08 Å². The van der Waals surface area contributed by atoms with Gasteiger partial charge in [-0.15, -0.1) is 11.7 Å². The second-order valence-corrected chi connectivity index (χ2v) is 2.86. The van der Waals surface area contributed by atoms with Gasteiger partial charge in [0.15, 0.2) is 0 Å². The van der Waals surface area contributed by atoms with Crippen molar-refractivity contribution in [2.75, 3.05) is 19.7 Å². The Morgan fingerprint density at radius 2 is 2.47 bits per heavy atom. The van der Waals surface area contributed by atoms with Crippen LogP contribution in [0.1, 0.15) is 0 Å². The molecule has 0 radical (unpaired) electrons. The van der Waals surface area contributed by atoms with Crippen LogP contribution in [-0.4, -0.2) is 55.8 Å². The maximum atomic E-state index is 11.6. The van der Waals surface area contributed by atoms with Crippen molar-refractivity contribution in [2.24, 2.45) is 0 Å². The lowest BCUT2D eigenvalue weighted by Crippen LogP contribution is -2.36. The molecule has 0 unspecified atom stereocenters. The molecule has 1 heterocycles. The SMILES string of the molecule is C=CCN(CCO)C(=O)Cn1cnnn1. The number of tetrazole rings is 1. The zero-order valence-corrected chi connectivity index (χ0v) is 8.28. The van der Waals surface area contributed by atoms with Gasteiger partial charge in [0.2, 0.25) is 5.91 Å². The standard InChI is InChI=1S/C8H13N5O2/c1-2-3-12(4-5-14)8(15)6-13-7-9-10-11-13/h2,7,14H,1,3-6H2. The molecule has 1 aromatic heterocycles. The van der Waals surface area contributed by atoms with Crippen LogP contribution in [0.2, 0.25) is 0 Å². The number of aliphatic hydroxyl groups is 1. The monoisotopic (exact) mass is 211 g/mol. The molecule has 1 N–H and O–H groups in total. The molecule has 0 aliphatic heterocycles. The minimum atomic E-state index is -0.156. The van der Waals surface area contributed by atoms with Gasteiger partial charge in [-0.3, -0.25) is 4.79 Å². The smallest absolute Gasteiger partial charge is 0.244 e. The van der Waals surface area contributed by atoms with Crippen LogP contribution in [0.15, 0.2) is 19.0 Å². The average Bonchev–Trinajstić information content (AvgIpc) is 2.70. The van der Waals surface area contributed by atoms with Crippen LogP contribution in [0.4, 0.5) is 0 Å². The molecule has 0 aromatic carbocycles. The number of amides is 1. The number of aliphatic hydroxyl groups excluding tert-OH is 1. The number of carbonyl (C=O) groups is 1. The van der Waals surface area contributed by atoms with Gasteiger partial charge in [0.05, 0.1) is 6.61 Å². The van der Waals surface area contributed by atoms with Gasteiger partial charge in [-0.2, -0.15) is 0 Å². The van der Waals surface area contributed by atoms with E-state index in [9.17, 15) is 4.79 Å². The molecule has 1 amide bonds. The third kappa shape index (κ3) is 3.47. The largest absolute Gasteiger partial charge is 0.395 e. The third-order valence-corrected chi connectivity index (χ3v) is 1.76. The highest BCUT2D eigenvalue weighted by molar-refractivity contribution is 5.76. The van der Waals surface area contributed by atoms with E-state index in [-0.39, 0.29) is 25.6 Å². The maximum absolute atomic E-state index is 11.6. The summed E-state index contributed by atoms with van der Waals surface area (Å²) in [6.45, 7) is 4.22. The highest BCUT2D eigenvalue weighted by Gasteiger charge is 2.12. The van der Waals surface area contributed by atoms with Gasteiger partial charge in [0.1, 0.15) is 12.9 Å². The predicted octanol–water partition coefficient (Wildman–Crippen LogP) is -1.32. The van der Waals surface area contributed by atoms with Crippen molar-refractivity contribution in [1.82, 2.24) is 25.1 Å². The summed E-state index contributed by atoms with van der Waals surface area (Å²) in [5, 5.41) is 19.2. The molecule has 0 aliphatic carbocycles. The molecule has 1 aromatic rings. The summed E-state index contributed by atoms with van der Waals surface area (Å²) < 4.78 is 1.33. The summed E-state index contributed by atoms with van der Waals surface area (Å²) in [5.74, 6) is -0.156. The first-order valence-corrected chi connectivity index (χ1v) is 4.48. The zero-order chi connectivity index (χ0) is 11.1. The summed E-state index contributed by atoms with van der Waals surface area (Å²) >= 11 is 0. The van der Waals surface area contributed by atoms with E-state index >= 15 is 0 Å². The highest BCUT2D eigenvalue weighted by atomic mass is 16.3. The van der Waals surface area contributed by atoms with E-state index in [2.05, 4.69) is 22.1 Å². The topological polar surface area (TPSA) is 84.1 Å². The molecule has 82 valence electrons. The van der Waals surface area contributed by atoms with Crippen molar-refractivity contribution < 1.29 is 9.90 Å². The van der Waals surface area contributed by atoms with Crippen LogP contribution in [0.5, 0.6) is 0 Å². The number of carbonyl (C=O) groups excluding carboxylic acids is 1. The highest BCUT2D eigenvalue weighted by Crippen LogP contribution is 1.92. The molecular weight excluding hydrogens is 198 g/mol. The summed E-state index contributed by atoms with van der Waals surface area (Å²) in [6, 6.07) is 0. The summed E-state index contributed by atoms with van der Waals surface area (Å²) in [4.78, 5) is 13.1. The fraction of sp³-hybridized carbons (Fsp3) is 0.500. The molecule has 0 aliphatic rings. The molecule has 7 heteroatoms. The van der Waals surface area contributed by atoms with Gasteiger partial charge in [0.25, 0.3) is 0 Å². The third-order valence-electron chi connectivity index (χ3n) is 1.76. The van der Waals surface area contributed by atoms with Gasteiger partial charge in [-0.05, 0) is 10.4 Å². The molecule has 0 saturated heterocycles. The number of aromatic nitrogens is 4. The Morgan fingerprint density at radius 3 is 3.00 bits per heavy atom. The van der Waals surface area contributed by atoms with Crippen molar-refractivity contribution in [1.29, 1.82) is 0 Å². The van der Waals surface area contributed by atoms with Crippen LogP contribution in [0.25, 0.3) is 0 Å². The van der Waals surface area contributed by atoms with Gasteiger partial charge in [0, 0.05) is 13.1 Å². The summed E-state index contributed by atoms with van der Waals surface area (Å²) in [5.41, 5.74) is 0. The summed E-state index contributed by atoms with van der Waals surface area (Å²) in [6.07, 6.45) is 2.97. The first-order chi connectivity index (χ1) is 7.27. The molecule has 0 fully saturated rings. The second kappa shape index (κ2) is 5.86. The molecule has 0 bridgehead atoms. The number of nitrogens with zero attached hydrogens (tertiary/aromatic N) is 5. The Kier molecular flexibility index (Phi) is 4.42. The van der Waals surface area contributed by atoms with Gasteiger partial charge < -0.3 is 10.0 Å². The minimum Gasteiger partial charge on any atom is -0.395 e. The van der Waals surface area contributed by atoms with Crippen molar-refractivity contribution in [3.05, 3.63) is 19.0 Å². The molecule has 0 spiro atoms. The van der Waals surface area contributed by atoms with E-state index < -0.39 is 0 Å². The van der Waals surface area contributed by atoms with Crippen molar-refractivity contribution in [2.45, 2.75) is 6.54 Å². The molecule has 7 nitrogen and oxygen atoms in total. The lowest BCUT2D eigenvalue weighted by molar-refractivity contribution is -0.132. The van der Waals surface area contributed by atoms with E-state index in [4.69, 9.17) is 5.11 Å². The fourth-order valence-electron chi connectivity index (χ4n) is 1.09. The first kappa shape index (κ1) is 11.3. The van der Waals surface area contributed by atoms with E-state index in [1.165, 1.54) is 15.9 Å². The quantitative estimate of drug-likeness (QED) is 0.590.